The van der Waals surface area contributed by atoms with Crippen molar-refractivity contribution in [1.29, 1.82) is 0 Å². The molecular weight excluding hydrogens is 226 g/mol. The Balaban J connectivity index is 2.41. The van der Waals surface area contributed by atoms with E-state index in [1.165, 1.54) is 11.8 Å². The molecule has 0 saturated heterocycles. The van der Waals surface area contributed by atoms with E-state index in [9.17, 15) is 4.79 Å². The van der Waals surface area contributed by atoms with Gasteiger partial charge >= 0.3 is 5.97 Å². The Morgan fingerprint density at radius 3 is 3.00 bits per heavy atom. The van der Waals surface area contributed by atoms with Crippen molar-refractivity contribution in [3.8, 4) is 5.75 Å². The zero-order valence-corrected chi connectivity index (χ0v) is 9.93. The van der Waals surface area contributed by atoms with Crippen molar-refractivity contribution >= 4 is 23.4 Å². The van der Waals surface area contributed by atoms with Gasteiger partial charge in [0.25, 0.3) is 0 Å². The number of nitrogens with one attached hydrogen (secondary N) is 1. The van der Waals surface area contributed by atoms with Crippen LogP contribution in [0, 0.1) is 6.92 Å². The number of anilines is 1. The highest BCUT2D eigenvalue weighted by atomic mass is 32.2. The second-order valence-electron chi connectivity index (χ2n) is 3.61. The first-order valence-electron chi connectivity index (χ1n) is 4.94. The van der Waals surface area contributed by atoms with Crippen molar-refractivity contribution in [3.05, 3.63) is 17.7 Å². The molecule has 0 saturated carbocycles. The molecule has 0 radical (unpaired) electrons. The number of fused-ring (bicyclic) bond motifs is 1. The molecule has 1 atom stereocenters. The first-order chi connectivity index (χ1) is 7.63. The van der Waals surface area contributed by atoms with Gasteiger partial charge in [-0.2, -0.15) is 0 Å². The predicted octanol–water partition coefficient (Wildman–Crippen LogP) is 1.97. The monoisotopic (exact) mass is 239 g/mol. The molecule has 1 aromatic carbocycles. The summed E-state index contributed by atoms with van der Waals surface area (Å²) in [5.74, 6) is -0.0256. The van der Waals surface area contributed by atoms with Gasteiger partial charge in [0, 0.05) is 11.4 Å². The number of carbonyl (C=O) groups is 1. The number of ether oxygens (including phenoxy) is 1. The average Bonchev–Trinajstić information content (AvgIpc) is 2.29. The number of benzene rings is 1. The van der Waals surface area contributed by atoms with Crippen LogP contribution in [0.4, 0.5) is 5.69 Å². The van der Waals surface area contributed by atoms with E-state index < -0.39 is 11.2 Å². The summed E-state index contributed by atoms with van der Waals surface area (Å²) in [6, 6.07) is 3.83. The van der Waals surface area contributed by atoms with Crippen LogP contribution in [0.3, 0.4) is 0 Å². The van der Waals surface area contributed by atoms with Crippen molar-refractivity contribution in [3.63, 3.8) is 0 Å². The molecule has 1 unspecified atom stereocenters. The SMILES string of the molecule is COc1ccc(C)c2c1NCC(C(=O)O)S2. The number of carboxylic acids is 1. The predicted molar refractivity (Wildman–Crippen MR) is 63.5 cm³/mol. The minimum atomic E-state index is -0.787. The number of hydrogen-bond acceptors (Lipinski definition) is 4. The summed E-state index contributed by atoms with van der Waals surface area (Å²) in [7, 11) is 1.61. The Kier molecular flexibility index (Phi) is 2.96. The van der Waals surface area contributed by atoms with E-state index >= 15 is 0 Å². The third-order valence-electron chi connectivity index (χ3n) is 2.54. The number of methoxy groups -OCH3 is 1. The van der Waals surface area contributed by atoms with Gasteiger partial charge in [0.1, 0.15) is 11.0 Å². The largest absolute Gasteiger partial charge is 0.495 e. The van der Waals surface area contributed by atoms with Crippen LogP contribution in [0.15, 0.2) is 17.0 Å². The first-order valence-corrected chi connectivity index (χ1v) is 5.82. The van der Waals surface area contributed by atoms with E-state index in [0.29, 0.717) is 6.54 Å². The molecule has 1 aliphatic heterocycles. The van der Waals surface area contributed by atoms with Gasteiger partial charge in [-0.05, 0) is 18.6 Å². The molecule has 4 nitrogen and oxygen atoms in total. The second-order valence-corrected chi connectivity index (χ2v) is 4.83. The van der Waals surface area contributed by atoms with Gasteiger partial charge in [0.05, 0.1) is 12.8 Å². The van der Waals surface area contributed by atoms with E-state index in [4.69, 9.17) is 9.84 Å². The number of hydrogen-bond donors (Lipinski definition) is 2. The third-order valence-corrected chi connectivity index (χ3v) is 3.95. The van der Waals surface area contributed by atoms with Gasteiger partial charge in [-0.1, -0.05) is 6.07 Å². The van der Waals surface area contributed by atoms with Crippen LogP contribution >= 0.6 is 11.8 Å². The maximum absolute atomic E-state index is 10.9. The number of carboxylic acid groups (broad SMARTS) is 1. The number of rotatable bonds is 2. The van der Waals surface area contributed by atoms with Gasteiger partial charge in [-0.25, -0.2) is 0 Å². The molecule has 2 N–H and O–H groups in total. The Bertz CT molecular complexity index is 433. The second kappa shape index (κ2) is 4.25. The molecule has 0 aliphatic carbocycles. The van der Waals surface area contributed by atoms with Crippen LogP contribution < -0.4 is 10.1 Å². The zero-order chi connectivity index (χ0) is 11.7. The van der Waals surface area contributed by atoms with E-state index in [1.807, 2.05) is 19.1 Å². The van der Waals surface area contributed by atoms with Crippen molar-refractivity contribution in [2.45, 2.75) is 17.1 Å². The minimum absolute atomic E-state index is 0.423. The number of aliphatic carboxylic acids is 1. The quantitative estimate of drug-likeness (QED) is 0.826. The van der Waals surface area contributed by atoms with E-state index in [-0.39, 0.29) is 0 Å². The van der Waals surface area contributed by atoms with Crippen LogP contribution in [-0.4, -0.2) is 30.0 Å². The lowest BCUT2D eigenvalue weighted by atomic mass is 10.2. The third kappa shape index (κ3) is 1.82. The highest BCUT2D eigenvalue weighted by molar-refractivity contribution is 8.01. The number of thioether (sulfide) groups is 1. The zero-order valence-electron chi connectivity index (χ0n) is 9.11. The van der Waals surface area contributed by atoms with Gasteiger partial charge < -0.3 is 15.2 Å². The fourth-order valence-corrected chi connectivity index (χ4v) is 2.77. The van der Waals surface area contributed by atoms with Crippen molar-refractivity contribution in [2.75, 3.05) is 19.0 Å². The molecule has 0 fully saturated rings. The average molecular weight is 239 g/mol. The maximum Gasteiger partial charge on any atom is 0.318 e. The Labute approximate surface area is 98.0 Å². The smallest absolute Gasteiger partial charge is 0.318 e. The highest BCUT2D eigenvalue weighted by Gasteiger charge is 2.27. The topological polar surface area (TPSA) is 58.6 Å². The maximum atomic E-state index is 10.9. The molecule has 0 aromatic heterocycles. The summed E-state index contributed by atoms with van der Waals surface area (Å²) < 4.78 is 5.24. The van der Waals surface area contributed by atoms with E-state index in [1.54, 1.807) is 7.11 Å². The minimum Gasteiger partial charge on any atom is -0.495 e. The standard InChI is InChI=1S/C11H13NO3S/c1-6-3-4-7(15-2)9-10(6)16-8(5-12-9)11(13)14/h3-4,8,12H,5H2,1-2H3,(H,13,14). The van der Waals surface area contributed by atoms with Crippen LogP contribution in [-0.2, 0) is 4.79 Å². The molecule has 1 heterocycles. The molecule has 0 bridgehead atoms. The van der Waals surface area contributed by atoms with Gasteiger partial charge in [-0.15, -0.1) is 11.8 Å². The number of aryl methyl sites for hydroxylation is 1. The molecule has 0 spiro atoms. The summed E-state index contributed by atoms with van der Waals surface area (Å²) in [6.45, 7) is 2.39. The molecule has 1 aromatic rings. The van der Waals surface area contributed by atoms with E-state index in [0.717, 1.165) is 21.9 Å². The summed E-state index contributed by atoms with van der Waals surface area (Å²) in [6.07, 6.45) is 0. The van der Waals surface area contributed by atoms with Crippen LogP contribution in [0.5, 0.6) is 5.75 Å². The summed E-state index contributed by atoms with van der Waals surface area (Å²) in [4.78, 5) is 11.9. The molecule has 86 valence electrons. The van der Waals surface area contributed by atoms with Crippen LogP contribution in [0.2, 0.25) is 0 Å². The van der Waals surface area contributed by atoms with Gasteiger partial charge in [0.15, 0.2) is 0 Å². The molecule has 5 heteroatoms. The fourth-order valence-electron chi connectivity index (χ4n) is 1.67. The summed E-state index contributed by atoms with van der Waals surface area (Å²) in [5.41, 5.74) is 1.98. The summed E-state index contributed by atoms with van der Waals surface area (Å²) in [5, 5.41) is 11.7. The molecule has 2 rings (SSSR count). The van der Waals surface area contributed by atoms with Crippen molar-refractivity contribution in [1.82, 2.24) is 0 Å². The lowest BCUT2D eigenvalue weighted by Crippen LogP contribution is -2.29. The van der Waals surface area contributed by atoms with Crippen molar-refractivity contribution < 1.29 is 14.6 Å². The van der Waals surface area contributed by atoms with Gasteiger partial charge in [0.2, 0.25) is 0 Å². The fraction of sp³-hybridized carbons (Fsp3) is 0.364. The highest BCUT2D eigenvalue weighted by Crippen LogP contribution is 2.42. The first kappa shape index (κ1) is 11.1. The Morgan fingerprint density at radius 1 is 1.62 bits per heavy atom. The Morgan fingerprint density at radius 2 is 2.38 bits per heavy atom. The normalized spacial score (nSPS) is 18.5. The van der Waals surface area contributed by atoms with Crippen molar-refractivity contribution in [2.24, 2.45) is 0 Å². The van der Waals surface area contributed by atoms with Crippen LogP contribution in [0.1, 0.15) is 5.56 Å². The molecular formula is C11H13NO3S. The molecule has 16 heavy (non-hydrogen) atoms. The molecule has 1 aliphatic rings. The lowest BCUT2D eigenvalue weighted by Gasteiger charge is -2.25. The summed E-state index contributed by atoms with van der Waals surface area (Å²) >= 11 is 1.38. The van der Waals surface area contributed by atoms with E-state index in [2.05, 4.69) is 5.32 Å². The Hall–Kier alpha value is -1.36. The van der Waals surface area contributed by atoms with Crippen LogP contribution in [0.25, 0.3) is 0 Å². The lowest BCUT2D eigenvalue weighted by molar-refractivity contribution is -0.136. The molecule has 0 amide bonds. The van der Waals surface area contributed by atoms with Gasteiger partial charge in [-0.3, -0.25) is 4.79 Å².